The van der Waals surface area contributed by atoms with Gasteiger partial charge >= 0.3 is 0 Å². The van der Waals surface area contributed by atoms with Crippen molar-refractivity contribution in [1.29, 1.82) is 0 Å². The average molecular weight is 340 g/mol. The molecule has 0 fully saturated rings. The molecule has 0 radical (unpaired) electrons. The van der Waals surface area contributed by atoms with E-state index >= 15 is 0 Å². The Morgan fingerprint density at radius 2 is 2.08 bits per heavy atom. The Bertz CT molecular complexity index is 871. The van der Waals surface area contributed by atoms with Crippen LogP contribution in [0.25, 0.3) is 0 Å². The van der Waals surface area contributed by atoms with Crippen LogP contribution in [-0.4, -0.2) is 16.5 Å². The predicted molar refractivity (Wildman–Crippen MR) is 94.3 cm³/mol. The fourth-order valence-electron chi connectivity index (χ4n) is 3.11. The quantitative estimate of drug-likeness (QED) is 0.764. The van der Waals surface area contributed by atoms with Crippen LogP contribution in [0.5, 0.6) is 0 Å². The Morgan fingerprint density at radius 3 is 2.88 bits per heavy atom. The third kappa shape index (κ3) is 2.78. The molecule has 0 spiro atoms. The lowest BCUT2D eigenvalue weighted by molar-refractivity contribution is 0.626. The van der Waals surface area contributed by atoms with Gasteiger partial charge in [0.15, 0.2) is 5.84 Å². The minimum absolute atomic E-state index is 0.261. The van der Waals surface area contributed by atoms with Gasteiger partial charge in [-0.1, -0.05) is 29.8 Å². The fraction of sp³-hybridized carbons (Fsp3) is 0.211. The summed E-state index contributed by atoms with van der Waals surface area (Å²) in [4.78, 5) is 13.9. The molecule has 2 heterocycles. The molecule has 120 valence electrons. The van der Waals surface area contributed by atoms with Gasteiger partial charge in [0.25, 0.3) is 0 Å². The van der Waals surface area contributed by atoms with Crippen LogP contribution in [0.2, 0.25) is 5.02 Å². The van der Waals surface area contributed by atoms with Crippen molar-refractivity contribution in [2.75, 3.05) is 0 Å². The van der Waals surface area contributed by atoms with E-state index in [1.807, 2.05) is 18.2 Å². The maximum absolute atomic E-state index is 13.4. The Hall–Kier alpha value is -2.33. The summed E-state index contributed by atoms with van der Waals surface area (Å²) >= 11 is 6.30. The number of hydrogen-bond donors (Lipinski definition) is 0. The zero-order chi connectivity index (χ0) is 16.5. The molecule has 24 heavy (non-hydrogen) atoms. The number of fused-ring (bicyclic) bond motifs is 1. The zero-order valence-corrected chi connectivity index (χ0v) is 13.7. The molecule has 1 aliphatic heterocycles. The van der Waals surface area contributed by atoms with Crippen LogP contribution in [0.3, 0.4) is 0 Å². The van der Waals surface area contributed by atoms with E-state index in [0.717, 1.165) is 41.8 Å². The molecule has 0 N–H and O–H groups in total. The Kier molecular flexibility index (Phi) is 3.98. The van der Waals surface area contributed by atoms with Crippen molar-refractivity contribution in [2.45, 2.75) is 25.3 Å². The molecule has 1 aliphatic carbocycles. The Morgan fingerprint density at radius 1 is 1.17 bits per heavy atom. The first-order valence-electron chi connectivity index (χ1n) is 7.94. The SMILES string of the molecule is Fc1ccc(C2N=C(c3ccccn3)N=C3CCCC=C32)c(Cl)c1. The largest absolute Gasteiger partial charge is 0.253 e. The molecule has 4 rings (SSSR count). The van der Waals surface area contributed by atoms with Gasteiger partial charge in [0.05, 0.1) is 0 Å². The molecule has 3 nitrogen and oxygen atoms in total. The van der Waals surface area contributed by atoms with Gasteiger partial charge in [0.1, 0.15) is 17.6 Å². The van der Waals surface area contributed by atoms with Crippen LogP contribution >= 0.6 is 11.6 Å². The van der Waals surface area contributed by atoms with Crippen molar-refractivity contribution in [1.82, 2.24) is 4.98 Å². The summed E-state index contributed by atoms with van der Waals surface area (Å²) in [6.45, 7) is 0. The summed E-state index contributed by atoms with van der Waals surface area (Å²) in [6.07, 6.45) is 6.88. The fourth-order valence-corrected chi connectivity index (χ4v) is 3.38. The van der Waals surface area contributed by atoms with Crippen LogP contribution < -0.4 is 0 Å². The predicted octanol–water partition coefficient (Wildman–Crippen LogP) is 4.93. The van der Waals surface area contributed by atoms with Gasteiger partial charge in [-0.3, -0.25) is 9.98 Å². The second kappa shape index (κ2) is 6.29. The number of halogens is 2. The van der Waals surface area contributed by atoms with E-state index in [9.17, 15) is 4.39 Å². The van der Waals surface area contributed by atoms with E-state index in [1.54, 1.807) is 12.3 Å². The van der Waals surface area contributed by atoms with Crippen LogP contribution in [0.15, 0.2) is 64.2 Å². The summed E-state index contributed by atoms with van der Waals surface area (Å²) < 4.78 is 13.4. The Labute approximate surface area is 144 Å². The molecule has 2 aromatic rings. The summed E-state index contributed by atoms with van der Waals surface area (Å²) in [7, 11) is 0. The van der Waals surface area contributed by atoms with E-state index in [1.165, 1.54) is 12.1 Å². The van der Waals surface area contributed by atoms with Crippen LogP contribution in [0, 0.1) is 5.82 Å². The third-order valence-corrected chi connectivity index (χ3v) is 4.58. The van der Waals surface area contributed by atoms with Gasteiger partial charge in [-0.25, -0.2) is 9.38 Å². The molecule has 5 heteroatoms. The van der Waals surface area contributed by atoms with Gasteiger partial charge in [0, 0.05) is 16.9 Å². The van der Waals surface area contributed by atoms with Crippen molar-refractivity contribution >= 4 is 23.1 Å². The third-order valence-electron chi connectivity index (χ3n) is 4.25. The van der Waals surface area contributed by atoms with Crippen molar-refractivity contribution < 1.29 is 4.39 Å². The zero-order valence-electron chi connectivity index (χ0n) is 12.9. The smallest absolute Gasteiger partial charge is 0.174 e. The first-order valence-corrected chi connectivity index (χ1v) is 8.32. The van der Waals surface area contributed by atoms with Gasteiger partial charge in [-0.2, -0.15) is 0 Å². The van der Waals surface area contributed by atoms with Gasteiger partial charge in [0.2, 0.25) is 0 Å². The molecular formula is C19H15ClFN3. The van der Waals surface area contributed by atoms with Gasteiger partial charge in [-0.05, 0) is 54.7 Å². The Balaban J connectivity index is 1.85. The molecule has 0 saturated heterocycles. The topological polar surface area (TPSA) is 37.6 Å². The molecule has 0 saturated carbocycles. The molecule has 0 bridgehead atoms. The van der Waals surface area contributed by atoms with E-state index in [4.69, 9.17) is 21.6 Å². The van der Waals surface area contributed by atoms with E-state index in [-0.39, 0.29) is 11.9 Å². The first-order chi connectivity index (χ1) is 11.7. The van der Waals surface area contributed by atoms with Crippen LogP contribution in [0.4, 0.5) is 4.39 Å². The second-order valence-corrected chi connectivity index (χ2v) is 6.25. The summed E-state index contributed by atoms with van der Waals surface area (Å²) in [5.41, 5.74) is 3.64. The molecule has 1 atom stereocenters. The van der Waals surface area contributed by atoms with Crippen molar-refractivity contribution in [3.63, 3.8) is 0 Å². The monoisotopic (exact) mass is 339 g/mol. The van der Waals surface area contributed by atoms with Crippen LogP contribution in [-0.2, 0) is 0 Å². The molecular weight excluding hydrogens is 325 g/mol. The van der Waals surface area contributed by atoms with E-state index < -0.39 is 0 Å². The second-order valence-electron chi connectivity index (χ2n) is 5.85. The molecule has 1 aromatic carbocycles. The van der Waals surface area contributed by atoms with Crippen molar-refractivity contribution in [3.8, 4) is 0 Å². The number of nitrogens with zero attached hydrogens (tertiary/aromatic N) is 3. The first kappa shape index (κ1) is 15.2. The maximum atomic E-state index is 13.4. The van der Waals surface area contributed by atoms with Gasteiger partial charge in [-0.15, -0.1) is 0 Å². The molecule has 0 amide bonds. The number of pyridine rings is 1. The highest BCUT2D eigenvalue weighted by Crippen LogP contribution is 2.38. The molecule has 1 unspecified atom stereocenters. The molecule has 1 aromatic heterocycles. The number of benzene rings is 1. The minimum Gasteiger partial charge on any atom is -0.253 e. The highest BCUT2D eigenvalue weighted by atomic mass is 35.5. The van der Waals surface area contributed by atoms with Crippen molar-refractivity contribution in [2.24, 2.45) is 9.98 Å². The summed E-state index contributed by atoms with van der Waals surface area (Å²) in [6, 6.07) is 9.87. The summed E-state index contributed by atoms with van der Waals surface area (Å²) in [5.74, 6) is 0.259. The van der Waals surface area contributed by atoms with E-state index in [0.29, 0.717) is 10.9 Å². The van der Waals surface area contributed by atoms with Crippen molar-refractivity contribution in [3.05, 3.63) is 76.3 Å². The molecule has 2 aliphatic rings. The van der Waals surface area contributed by atoms with E-state index in [2.05, 4.69) is 11.1 Å². The highest BCUT2D eigenvalue weighted by molar-refractivity contribution is 6.31. The minimum atomic E-state index is -0.347. The highest BCUT2D eigenvalue weighted by Gasteiger charge is 2.29. The summed E-state index contributed by atoms with van der Waals surface area (Å²) in [5, 5.41) is 0.386. The van der Waals surface area contributed by atoms with Crippen LogP contribution in [0.1, 0.15) is 36.6 Å². The standard InChI is InChI=1S/C19H15ClFN3/c20-15-11-12(21)8-9-13(15)18-14-5-1-2-6-16(14)23-19(24-18)17-7-3-4-10-22-17/h3-5,7-11,18H,1-2,6H2. The maximum Gasteiger partial charge on any atom is 0.174 e. The lowest BCUT2D eigenvalue weighted by Crippen LogP contribution is -2.22. The van der Waals surface area contributed by atoms with Gasteiger partial charge < -0.3 is 0 Å². The normalized spacial score (nSPS) is 19.9. The number of rotatable bonds is 2. The lowest BCUT2D eigenvalue weighted by Gasteiger charge is -2.27. The lowest BCUT2D eigenvalue weighted by atomic mass is 9.87. The average Bonchev–Trinajstić information content (AvgIpc) is 2.62. The number of allylic oxidation sites excluding steroid dienone is 1. The number of aromatic nitrogens is 1. The number of hydrogen-bond acceptors (Lipinski definition) is 3. The number of amidine groups is 1. The number of aliphatic imine (C=N–C) groups is 2.